The summed E-state index contributed by atoms with van der Waals surface area (Å²) in [5.74, 6) is 1.34. The Morgan fingerprint density at radius 1 is 1.20 bits per heavy atom. The second-order valence-electron chi connectivity index (χ2n) is 6.62. The van der Waals surface area contributed by atoms with Gasteiger partial charge in [0.05, 0.1) is 0 Å². The number of anilines is 1. The van der Waals surface area contributed by atoms with Gasteiger partial charge in [0, 0.05) is 25.2 Å². The number of rotatable bonds is 6. The third-order valence-corrected chi connectivity index (χ3v) is 4.65. The van der Waals surface area contributed by atoms with Gasteiger partial charge in [0.2, 0.25) is 0 Å². The molecular weight excluding hydrogens is 312 g/mol. The molecule has 1 N–H and O–H groups in total. The number of aryl methyl sites for hydroxylation is 1. The summed E-state index contributed by atoms with van der Waals surface area (Å²) in [6, 6.07) is 12.3. The van der Waals surface area contributed by atoms with Crippen LogP contribution in [0.1, 0.15) is 54.5 Å². The van der Waals surface area contributed by atoms with Crippen molar-refractivity contribution in [3.05, 3.63) is 53.5 Å². The molecule has 1 aliphatic rings. The van der Waals surface area contributed by atoms with Gasteiger partial charge >= 0.3 is 0 Å². The highest BCUT2D eigenvalue weighted by Gasteiger charge is 2.20. The van der Waals surface area contributed by atoms with Crippen LogP contribution < -0.4 is 5.32 Å². The van der Waals surface area contributed by atoms with Crippen LogP contribution in [-0.2, 0) is 6.54 Å². The zero-order valence-electron chi connectivity index (χ0n) is 15.0. The van der Waals surface area contributed by atoms with Crippen molar-refractivity contribution in [1.82, 2.24) is 14.9 Å². The average Bonchev–Trinajstić information content (AvgIpc) is 3.12. The van der Waals surface area contributed by atoms with Crippen LogP contribution in [0.5, 0.6) is 0 Å². The van der Waals surface area contributed by atoms with E-state index in [0.29, 0.717) is 30.6 Å². The van der Waals surface area contributed by atoms with Crippen LogP contribution in [-0.4, -0.2) is 33.4 Å². The Bertz CT molecular complexity index is 711. The van der Waals surface area contributed by atoms with Gasteiger partial charge in [0.25, 0.3) is 5.91 Å². The monoisotopic (exact) mass is 338 g/mol. The van der Waals surface area contributed by atoms with Crippen molar-refractivity contribution in [1.29, 1.82) is 0 Å². The Morgan fingerprint density at radius 2 is 1.92 bits per heavy atom. The summed E-state index contributed by atoms with van der Waals surface area (Å²) in [7, 11) is 0. The molecule has 1 aromatic heterocycles. The number of carbonyl (C=O) groups excluding carboxylic acids is 1. The summed E-state index contributed by atoms with van der Waals surface area (Å²) in [4.78, 5) is 23.6. The van der Waals surface area contributed by atoms with Crippen LogP contribution in [0.3, 0.4) is 0 Å². The number of hydrogen-bond donors (Lipinski definition) is 1. The Morgan fingerprint density at radius 3 is 2.60 bits per heavy atom. The largest absolute Gasteiger partial charge is 0.367 e. The molecule has 1 heterocycles. The van der Waals surface area contributed by atoms with E-state index in [1.165, 1.54) is 25.7 Å². The van der Waals surface area contributed by atoms with Gasteiger partial charge in [-0.1, -0.05) is 43.2 Å². The highest BCUT2D eigenvalue weighted by atomic mass is 16.2. The normalized spacial score (nSPS) is 14.5. The minimum atomic E-state index is -0.0497. The first-order valence-electron chi connectivity index (χ1n) is 9.11. The Labute approximate surface area is 149 Å². The van der Waals surface area contributed by atoms with Gasteiger partial charge in [-0.25, -0.2) is 9.97 Å². The van der Waals surface area contributed by atoms with E-state index >= 15 is 0 Å². The highest BCUT2D eigenvalue weighted by Crippen LogP contribution is 2.22. The first-order chi connectivity index (χ1) is 12.2. The number of hydrogen-bond acceptors (Lipinski definition) is 4. The lowest BCUT2D eigenvalue weighted by Crippen LogP contribution is -2.31. The molecule has 2 aromatic rings. The van der Waals surface area contributed by atoms with E-state index in [-0.39, 0.29) is 5.91 Å². The quantitative estimate of drug-likeness (QED) is 0.870. The van der Waals surface area contributed by atoms with Crippen molar-refractivity contribution in [2.24, 2.45) is 0 Å². The molecule has 5 heteroatoms. The van der Waals surface area contributed by atoms with Crippen molar-refractivity contribution in [3.8, 4) is 0 Å². The molecule has 1 fully saturated rings. The van der Waals surface area contributed by atoms with Crippen LogP contribution in [0.4, 0.5) is 5.82 Å². The summed E-state index contributed by atoms with van der Waals surface area (Å²) in [6.07, 6.45) is 4.85. The lowest BCUT2D eigenvalue weighted by Gasteiger charge is -2.21. The number of aromatic nitrogens is 2. The summed E-state index contributed by atoms with van der Waals surface area (Å²) in [5, 5.41) is 3.46. The molecule has 1 aromatic carbocycles. The third kappa shape index (κ3) is 4.56. The number of amides is 1. The highest BCUT2D eigenvalue weighted by molar-refractivity contribution is 5.93. The van der Waals surface area contributed by atoms with E-state index in [1.807, 2.05) is 49.1 Å². The SMILES string of the molecule is CCN(Cc1ccccc1)C(=O)c1cc(NC2CCCC2)nc(C)n1. The van der Waals surface area contributed by atoms with Crippen LogP contribution in [0.25, 0.3) is 0 Å². The minimum absolute atomic E-state index is 0.0497. The van der Waals surface area contributed by atoms with Gasteiger partial charge in [-0.05, 0) is 32.3 Å². The molecule has 5 nitrogen and oxygen atoms in total. The van der Waals surface area contributed by atoms with Crippen LogP contribution in [0, 0.1) is 6.92 Å². The average molecular weight is 338 g/mol. The maximum atomic E-state index is 12.9. The van der Waals surface area contributed by atoms with Crippen molar-refractivity contribution in [3.63, 3.8) is 0 Å². The molecular formula is C20H26N4O. The molecule has 0 atom stereocenters. The van der Waals surface area contributed by atoms with Gasteiger partial charge in [-0.3, -0.25) is 4.79 Å². The van der Waals surface area contributed by atoms with Gasteiger partial charge in [0.15, 0.2) is 0 Å². The molecule has 1 saturated carbocycles. The van der Waals surface area contributed by atoms with Crippen LogP contribution in [0.15, 0.2) is 36.4 Å². The Balaban J connectivity index is 1.76. The molecule has 0 aliphatic heterocycles. The molecule has 1 amide bonds. The smallest absolute Gasteiger partial charge is 0.272 e. The number of nitrogens with zero attached hydrogens (tertiary/aromatic N) is 3. The summed E-state index contributed by atoms with van der Waals surface area (Å²) in [6.45, 7) is 5.06. The Kier molecular flexibility index (Phi) is 5.64. The zero-order valence-corrected chi connectivity index (χ0v) is 15.0. The molecule has 3 rings (SSSR count). The van der Waals surface area contributed by atoms with E-state index in [4.69, 9.17) is 0 Å². The second kappa shape index (κ2) is 8.10. The molecule has 0 spiro atoms. The summed E-state index contributed by atoms with van der Waals surface area (Å²) in [5.41, 5.74) is 1.58. The van der Waals surface area contributed by atoms with Crippen LogP contribution >= 0.6 is 0 Å². The van der Waals surface area contributed by atoms with Crippen LogP contribution in [0.2, 0.25) is 0 Å². The molecule has 0 saturated heterocycles. The van der Waals surface area contributed by atoms with Crippen molar-refractivity contribution < 1.29 is 4.79 Å². The molecule has 0 bridgehead atoms. The predicted octanol–water partition coefficient (Wildman–Crippen LogP) is 3.80. The van der Waals surface area contributed by atoms with Gasteiger partial charge in [-0.15, -0.1) is 0 Å². The fourth-order valence-electron chi connectivity index (χ4n) is 3.32. The first-order valence-corrected chi connectivity index (χ1v) is 9.11. The van der Waals surface area contributed by atoms with E-state index in [9.17, 15) is 4.79 Å². The van der Waals surface area contributed by atoms with E-state index < -0.39 is 0 Å². The summed E-state index contributed by atoms with van der Waals surface area (Å²) < 4.78 is 0. The zero-order chi connectivity index (χ0) is 17.6. The molecule has 0 unspecified atom stereocenters. The minimum Gasteiger partial charge on any atom is -0.367 e. The molecule has 25 heavy (non-hydrogen) atoms. The maximum absolute atomic E-state index is 12.9. The Hall–Kier alpha value is -2.43. The summed E-state index contributed by atoms with van der Waals surface area (Å²) >= 11 is 0. The van der Waals surface area contributed by atoms with Gasteiger partial charge in [-0.2, -0.15) is 0 Å². The number of benzene rings is 1. The molecule has 1 aliphatic carbocycles. The molecule has 132 valence electrons. The van der Waals surface area contributed by atoms with Crippen molar-refractivity contribution >= 4 is 11.7 Å². The molecule has 0 radical (unpaired) electrons. The van der Waals surface area contributed by atoms with Gasteiger partial charge < -0.3 is 10.2 Å². The predicted molar refractivity (Wildman–Crippen MR) is 99.5 cm³/mol. The maximum Gasteiger partial charge on any atom is 0.272 e. The number of carbonyl (C=O) groups is 1. The van der Waals surface area contributed by atoms with Crippen molar-refractivity contribution in [2.45, 2.75) is 52.1 Å². The first kappa shape index (κ1) is 17.4. The second-order valence-corrected chi connectivity index (χ2v) is 6.62. The fourth-order valence-corrected chi connectivity index (χ4v) is 3.32. The topological polar surface area (TPSA) is 58.1 Å². The van der Waals surface area contributed by atoms with Gasteiger partial charge in [0.1, 0.15) is 17.3 Å². The van der Waals surface area contributed by atoms with E-state index in [0.717, 1.165) is 11.4 Å². The number of nitrogens with one attached hydrogen (secondary N) is 1. The third-order valence-electron chi connectivity index (χ3n) is 4.65. The lowest BCUT2D eigenvalue weighted by atomic mass is 10.2. The lowest BCUT2D eigenvalue weighted by molar-refractivity contribution is 0.0746. The van der Waals surface area contributed by atoms with Crippen molar-refractivity contribution in [2.75, 3.05) is 11.9 Å². The standard InChI is InChI=1S/C20H26N4O/c1-3-24(14-16-9-5-4-6-10-16)20(25)18-13-19(22-15(2)21-18)23-17-11-7-8-12-17/h4-6,9-10,13,17H,3,7-8,11-12,14H2,1-2H3,(H,21,22,23). The van der Waals surface area contributed by atoms with E-state index in [2.05, 4.69) is 15.3 Å². The van der Waals surface area contributed by atoms with E-state index in [1.54, 1.807) is 6.07 Å². The fraction of sp³-hybridized carbons (Fsp3) is 0.450.